The maximum Gasteiger partial charge on any atom is 0.326 e. The Kier molecular flexibility index (Phi) is 10.1. The molecule has 0 unspecified atom stereocenters. The Balaban J connectivity index is 1.21. The summed E-state index contributed by atoms with van der Waals surface area (Å²) >= 11 is 0. The minimum Gasteiger partial charge on any atom is -0.492 e. The van der Waals surface area contributed by atoms with Gasteiger partial charge in [-0.3, -0.25) is 9.59 Å². The van der Waals surface area contributed by atoms with Crippen molar-refractivity contribution in [3.63, 3.8) is 0 Å². The van der Waals surface area contributed by atoms with Gasteiger partial charge in [0.1, 0.15) is 18.4 Å². The minimum absolute atomic E-state index is 0.0639. The first-order valence-corrected chi connectivity index (χ1v) is 15.2. The number of nitrogens with zero attached hydrogens (tertiary/aromatic N) is 1. The number of carboxylic acids is 1. The van der Waals surface area contributed by atoms with Crippen molar-refractivity contribution in [2.24, 2.45) is 5.92 Å². The van der Waals surface area contributed by atoms with Crippen LogP contribution in [0, 0.1) is 12.8 Å². The molecule has 1 aliphatic carbocycles. The molecule has 0 aliphatic heterocycles. The number of benzene rings is 4. The van der Waals surface area contributed by atoms with Crippen LogP contribution in [0.3, 0.4) is 0 Å². The summed E-state index contributed by atoms with van der Waals surface area (Å²) in [5.74, 6) is -0.328. The van der Waals surface area contributed by atoms with Crippen molar-refractivity contribution < 1.29 is 24.2 Å². The van der Waals surface area contributed by atoms with Gasteiger partial charge in [-0.25, -0.2) is 4.79 Å². The van der Waals surface area contributed by atoms with Crippen LogP contribution >= 0.6 is 0 Å². The van der Waals surface area contributed by atoms with Crippen LogP contribution in [0.1, 0.15) is 52.7 Å². The summed E-state index contributed by atoms with van der Waals surface area (Å²) in [4.78, 5) is 40.5. The van der Waals surface area contributed by atoms with Crippen molar-refractivity contribution in [2.45, 2.75) is 45.1 Å². The highest BCUT2D eigenvalue weighted by Crippen LogP contribution is 2.29. The second-order valence-electron chi connectivity index (χ2n) is 11.3. The third kappa shape index (κ3) is 7.72. The van der Waals surface area contributed by atoms with Crippen molar-refractivity contribution in [1.82, 2.24) is 0 Å². The number of amides is 1. The molecule has 0 radical (unpaired) electrons. The maximum absolute atomic E-state index is 13.4. The lowest BCUT2D eigenvalue weighted by atomic mass is 10.00. The molecular formula is C37H38N2O5. The van der Waals surface area contributed by atoms with E-state index in [4.69, 9.17) is 4.74 Å². The van der Waals surface area contributed by atoms with Crippen LogP contribution in [0.2, 0.25) is 0 Å². The van der Waals surface area contributed by atoms with Gasteiger partial charge in [0.05, 0.1) is 6.54 Å². The maximum atomic E-state index is 13.4. The third-order valence-electron chi connectivity index (χ3n) is 8.07. The standard InChI is InChI=1S/C37H38N2O5/c1-26-10-9-15-30(24-26)39(36(41)29-13-5-6-14-29)22-23-44-31-20-18-27(19-21-31)25-34(37(42)43)38-33-17-8-7-16-32(33)35(40)28-11-3-2-4-12-28/h2-4,7-12,15-21,24,29,34,38H,5-6,13-14,22-23,25H2,1H3,(H,42,43)/t34-/m0/s1. The summed E-state index contributed by atoms with van der Waals surface area (Å²) in [6.07, 6.45) is 4.27. The van der Waals surface area contributed by atoms with Crippen LogP contribution in [0.25, 0.3) is 0 Å². The van der Waals surface area contributed by atoms with Crippen LogP contribution < -0.4 is 15.0 Å². The number of hydrogen-bond acceptors (Lipinski definition) is 5. The van der Waals surface area contributed by atoms with E-state index in [1.165, 1.54) is 0 Å². The van der Waals surface area contributed by atoms with Crippen molar-refractivity contribution in [1.29, 1.82) is 0 Å². The number of anilines is 2. The number of carbonyl (C=O) groups excluding carboxylic acids is 2. The lowest BCUT2D eigenvalue weighted by Crippen LogP contribution is -2.38. The van der Waals surface area contributed by atoms with Gasteiger partial charge in [0, 0.05) is 34.8 Å². The molecule has 1 fully saturated rings. The Morgan fingerprint density at radius 3 is 2.30 bits per heavy atom. The van der Waals surface area contributed by atoms with Crippen molar-refractivity contribution >= 4 is 29.0 Å². The van der Waals surface area contributed by atoms with Gasteiger partial charge in [-0.2, -0.15) is 0 Å². The van der Waals surface area contributed by atoms with Gasteiger partial charge in [0.2, 0.25) is 5.91 Å². The predicted octanol–water partition coefficient (Wildman–Crippen LogP) is 6.94. The fourth-order valence-corrected chi connectivity index (χ4v) is 5.71. The molecule has 0 heterocycles. The molecule has 1 amide bonds. The molecule has 5 rings (SSSR count). The second-order valence-corrected chi connectivity index (χ2v) is 11.3. The number of aliphatic carboxylic acids is 1. The summed E-state index contributed by atoms with van der Waals surface area (Å²) in [5.41, 5.74) is 4.22. The zero-order valence-corrected chi connectivity index (χ0v) is 24.9. The summed E-state index contributed by atoms with van der Waals surface area (Å²) in [6.45, 7) is 2.79. The quantitative estimate of drug-likeness (QED) is 0.164. The Morgan fingerprint density at radius 2 is 1.59 bits per heavy atom. The number of carboxylic acid groups (broad SMARTS) is 1. The van der Waals surface area contributed by atoms with E-state index < -0.39 is 12.0 Å². The number of ketones is 1. The Hall–Kier alpha value is -4.91. The normalized spacial score (nSPS) is 13.7. The van der Waals surface area contributed by atoms with Crippen LogP contribution in [-0.4, -0.2) is 42.0 Å². The lowest BCUT2D eigenvalue weighted by Gasteiger charge is -2.26. The molecule has 7 heteroatoms. The number of ether oxygens (including phenoxy) is 1. The molecular weight excluding hydrogens is 552 g/mol. The average Bonchev–Trinajstić information content (AvgIpc) is 3.59. The second kappa shape index (κ2) is 14.5. The lowest BCUT2D eigenvalue weighted by molar-refractivity contribution is -0.137. The van der Waals surface area contributed by atoms with E-state index in [1.807, 2.05) is 66.4 Å². The zero-order chi connectivity index (χ0) is 30.9. The van der Waals surface area contributed by atoms with Gasteiger partial charge < -0.3 is 20.1 Å². The SMILES string of the molecule is Cc1cccc(N(CCOc2ccc(C[C@H](Nc3ccccc3C(=O)c3ccccc3)C(=O)O)cc2)C(=O)C2CCCC2)c1. The fourth-order valence-electron chi connectivity index (χ4n) is 5.71. The van der Waals surface area contributed by atoms with Crippen molar-refractivity contribution in [3.8, 4) is 5.75 Å². The molecule has 2 N–H and O–H groups in total. The van der Waals surface area contributed by atoms with Gasteiger partial charge in [-0.15, -0.1) is 0 Å². The average molecular weight is 591 g/mol. The summed E-state index contributed by atoms with van der Waals surface area (Å²) in [5, 5.41) is 13.1. The Morgan fingerprint density at radius 1 is 0.886 bits per heavy atom. The highest BCUT2D eigenvalue weighted by Gasteiger charge is 2.28. The molecule has 0 aromatic heterocycles. The highest BCUT2D eigenvalue weighted by atomic mass is 16.5. The molecule has 1 saturated carbocycles. The molecule has 1 aliphatic rings. The molecule has 44 heavy (non-hydrogen) atoms. The van der Waals surface area contributed by atoms with Gasteiger partial charge >= 0.3 is 5.97 Å². The molecule has 4 aromatic carbocycles. The molecule has 0 saturated heterocycles. The molecule has 0 spiro atoms. The molecule has 1 atom stereocenters. The van der Waals surface area contributed by atoms with E-state index in [1.54, 1.807) is 48.5 Å². The summed E-state index contributed by atoms with van der Waals surface area (Å²) in [6, 6.07) is 30.2. The molecule has 7 nitrogen and oxygen atoms in total. The van der Waals surface area contributed by atoms with Gasteiger partial charge in [0.25, 0.3) is 0 Å². The minimum atomic E-state index is -1.02. The number of carbonyl (C=O) groups is 3. The Bertz CT molecular complexity index is 1580. The highest BCUT2D eigenvalue weighted by molar-refractivity contribution is 6.12. The molecule has 226 valence electrons. The van der Waals surface area contributed by atoms with E-state index in [0.29, 0.717) is 35.7 Å². The van der Waals surface area contributed by atoms with E-state index in [9.17, 15) is 19.5 Å². The number of aryl methyl sites for hydroxylation is 1. The van der Waals surface area contributed by atoms with Gasteiger partial charge in [-0.1, -0.05) is 79.6 Å². The van der Waals surface area contributed by atoms with Crippen LogP contribution in [0.4, 0.5) is 11.4 Å². The number of para-hydroxylation sites is 1. The first kappa shape index (κ1) is 30.5. The predicted molar refractivity (Wildman–Crippen MR) is 172 cm³/mol. The molecule has 0 bridgehead atoms. The Labute approximate surface area is 258 Å². The first-order valence-electron chi connectivity index (χ1n) is 15.2. The first-order chi connectivity index (χ1) is 21.4. The molecule has 4 aromatic rings. The van der Waals surface area contributed by atoms with Crippen molar-refractivity contribution in [3.05, 3.63) is 125 Å². The zero-order valence-electron chi connectivity index (χ0n) is 24.9. The largest absolute Gasteiger partial charge is 0.492 e. The number of hydrogen-bond donors (Lipinski definition) is 2. The van der Waals surface area contributed by atoms with Gasteiger partial charge in [-0.05, 0) is 67.3 Å². The summed E-state index contributed by atoms with van der Waals surface area (Å²) in [7, 11) is 0. The topological polar surface area (TPSA) is 95.9 Å². The number of rotatable bonds is 13. The fraction of sp³-hybridized carbons (Fsp3) is 0.270. The summed E-state index contributed by atoms with van der Waals surface area (Å²) < 4.78 is 6.02. The van der Waals surface area contributed by atoms with Crippen molar-refractivity contribution in [2.75, 3.05) is 23.4 Å². The van der Waals surface area contributed by atoms with E-state index >= 15 is 0 Å². The monoisotopic (exact) mass is 590 g/mol. The van der Waals surface area contributed by atoms with Crippen LogP contribution in [-0.2, 0) is 16.0 Å². The van der Waals surface area contributed by atoms with Crippen LogP contribution in [0.15, 0.2) is 103 Å². The van der Waals surface area contributed by atoms with Crippen LogP contribution in [0.5, 0.6) is 5.75 Å². The van der Waals surface area contributed by atoms with E-state index in [-0.39, 0.29) is 24.0 Å². The van der Waals surface area contributed by atoms with Gasteiger partial charge in [0.15, 0.2) is 5.78 Å². The van der Waals surface area contributed by atoms with E-state index in [2.05, 4.69) is 5.32 Å². The van der Waals surface area contributed by atoms with E-state index in [0.717, 1.165) is 42.5 Å². The smallest absolute Gasteiger partial charge is 0.326 e. The number of nitrogens with one attached hydrogen (secondary N) is 1. The third-order valence-corrected chi connectivity index (χ3v) is 8.07.